The molecule has 0 aromatic carbocycles. The number of halogens is 1. The van der Waals surface area contributed by atoms with Gasteiger partial charge in [0.2, 0.25) is 0 Å². The SMILES string of the molecule is Cc1c(Cl)nnc(NCCC2CCC2)c1C. The van der Waals surface area contributed by atoms with Crippen LogP contribution in [0.5, 0.6) is 0 Å². The van der Waals surface area contributed by atoms with E-state index in [9.17, 15) is 0 Å². The first-order valence-corrected chi connectivity index (χ1v) is 6.29. The van der Waals surface area contributed by atoms with E-state index in [1.807, 2.05) is 13.8 Å². The third-order valence-corrected chi connectivity index (χ3v) is 3.89. The summed E-state index contributed by atoms with van der Waals surface area (Å²) in [6, 6.07) is 0. The van der Waals surface area contributed by atoms with Crippen LogP contribution in [0, 0.1) is 19.8 Å². The molecule has 0 saturated heterocycles. The molecule has 1 aromatic rings. The summed E-state index contributed by atoms with van der Waals surface area (Å²) in [6.45, 7) is 4.99. The number of hydrogen-bond acceptors (Lipinski definition) is 3. The van der Waals surface area contributed by atoms with Crippen molar-refractivity contribution >= 4 is 17.4 Å². The Kier molecular flexibility index (Phi) is 3.64. The number of rotatable bonds is 4. The van der Waals surface area contributed by atoms with Crippen LogP contribution in [0.15, 0.2) is 0 Å². The highest BCUT2D eigenvalue weighted by Crippen LogP contribution is 2.29. The smallest absolute Gasteiger partial charge is 0.155 e. The second-order valence-electron chi connectivity index (χ2n) is 4.60. The van der Waals surface area contributed by atoms with E-state index in [0.29, 0.717) is 5.15 Å². The van der Waals surface area contributed by atoms with Crippen molar-refractivity contribution in [2.75, 3.05) is 11.9 Å². The van der Waals surface area contributed by atoms with Crippen molar-refractivity contribution < 1.29 is 0 Å². The Morgan fingerprint density at radius 1 is 1.25 bits per heavy atom. The molecule has 0 radical (unpaired) electrons. The molecule has 0 atom stereocenters. The van der Waals surface area contributed by atoms with Gasteiger partial charge in [0.15, 0.2) is 11.0 Å². The summed E-state index contributed by atoms with van der Waals surface area (Å²) in [5.74, 6) is 1.80. The predicted molar refractivity (Wildman–Crippen MR) is 67.0 cm³/mol. The fraction of sp³-hybridized carbons (Fsp3) is 0.667. The van der Waals surface area contributed by atoms with E-state index in [1.54, 1.807) is 0 Å². The van der Waals surface area contributed by atoms with Crippen molar-refractivity contribution in [1.82, 2.24) is 10.2 Å². The lowest BCUT2D eigenvalue weighted by atomic mass is 9.83. The summed E-state index contributed by atoms with van der Waals surface area (Å²) in [4.78, 5) is 0. The van der Waals surface area contributed by atoms with E-state index in [-0.39, 0.29) is 0 Å². The molecule has 1 heterocycles. The van der Waals surface area contributed by atoms with Crippen molar-refractivity contribution in [3.63, 3.8) is 0 Å². The van der Waals surface area contributed by atoms with Crippen molar-refractivity contribution in [2.24, 2.45) is 5.92 Å². The average Bonchev–Trinajstić information content (AvgIpc) is 2.21. The molecule has 0 bridgehead atoms. The number of nitrogens with zero attached hydrogens (tertiary/aromatic N) is 2. The number of hydrogen-bond donors (Lipinski definition) is 1. The third kappa shape index (κ3) is 2.46. The van der Waals surface area contributed by atoms with Gasteiger partial charge in [-0.3, -0.25) is 0 Å². The summed E-state index contributed by atoms with van der Waals surface area (Å²) >= 11 is 5.90. The Morgan fingerprint density at radius 2 is 2.00 bits per heavy atom. The van der Waals surface area contributed by atoms with Crippen molar-refractivity contribution in [1.29, 1.82) is 0 Å². The van der Waals surface area contributed by atoms with Gasteiger partial charge in [0, 0.05) is 6.54 Å². The molecule has 16 heavy (non-hydrogen) atoms. The van der Waals surface area contributed by atoms with Gasteiger partial charge in [-0.25, -0.2) is 0 Å². The second-order valence-corrected chi connectivity index (χ2v) is 4.96. The minimum Gasteiger partial charge on any atom is -0.368 e. The van der Waals surface area contributed by atoms with Crippen LogP contribution in [0.25, 0.3) is 0 Å². The van der Waals surface area contributed by atoms with Crippen LogP contribution in [0.3, 0.4) is 0 Å². The summed E-state index contributed by atoms with van der Waals surface area (Å²) in [5, 5.41) is 11.9. The number of anilines is 1. The van der Waals surface area contributed by atoms with Crippen LogP contribution < -0.4 is 5.32 Å². The number of nitrogens with one attached hydrogen (secondary N) is 1. The van der Waals surface area contributed by atoms with E-state index in [0.717, 1.165) is 29.4 Å². The molecule has 3 nitrogen and oxygen atoms in total. The van der Waals surface area contributed by atoms with Gasteiger partial charge < -0.3 is 5.32 Å². The molecule has 1 aromatic heterocycles. The molecule has 1 fully saturated rings. The van der Waals surface area contributed by atoms with Gasteiger partial charge in [-0.15, -0.1) is 10.2 Å². The Morgan fingerprint density at radius 3 is 2.62 bits per heavy atom. The van der Waals surface area contributed by atoms with Gasteiger partial charge in [-0.2, -0.15) is 0 Å². The summed E-state index contributed by atoms with van der Waals surface area (Å²) in [5.41, 5.74) is 2.12. The highest BCUT2D eigenvalue weighted by atomic mass is 35.5. The Bertz CT molecular complexity index is 375. The largest absolute Gasteiger partial charge is 0.368 e. The first kappa shape index (κ1) is 11.6. The fourth-order valence-corrected chi connectivity index (χ4v) is 2.10. The highest BCUT2D eigenvalue weighted by molar-refractivity contribution is 6.30. The van der Waals surface area contributed by atoms with E-state index in [1.165, 1.54) is 25.7 Å². The molecular weight excluding hydrogens is 222 g/mol. The standard InChI is InChI=1S/C12H18ClN3/c1-8-9(2)12(16-15-11(8)13)14-7-6-10-4-3-5-10/h10H,3-7H2,1-2H3,(H,14,16). The molecule has 0 unspecified atom stereocenters. The third-order valence-electron chi connectivity index (χ3n) is 3.53. The molecule has 88 valence electrons. The fourth-order valence-electron chi connectivity index (χ4n) is 1.92. The lowest BCUT2D eigenvalue weighted by Gasteiger charge is -2.25. The predicted octanol–water partition coefficient (Wildman–Crippen LogP) is 3.35. The summed E-state index contributed by atoms with van der Waals surface area (Å²) in [7, 11) is 0. The first-order chi connectivity index (χ1) is 7.68. The maximum Gasteiger partial charge on any atom is 0.155 e. The van der Waals surface area contributed by atoms with Gasteiger partial charge in [-0.05, 0) is 37.3 Å². The molecular formula is C12H18ClN3. The maximum absolute atomic E-state index is 5.90. The molecule has 0 amide bonds. The van der Waals surface area contributed by atoms with Crippen molar-refractivity contribution in [2.45, 2.75) is 39.5 Å². The van der Waals surface area contributed by atoms with Gasteiger partial charge in [0.25, 0.3) is 0 Å². The van der Waals surface area contributed by atoms with Gasteiger partial charge >= 0.3 is 0 Å². The quantitative estimate of drug-likeness (QED) is 0.876. The zero-order valence-corrected chi connectivity index (χ0v) is 10.6. The Hall–Kier alpha value is -0.830. The summed E-state index contributed by atoms with van der Waals surface area (Å²) in [6.07, 6.45) is 5.43. The minimum absolute atomic E-state index is 0.502. The zero-order valence-electron chi connectivity index (χ0n) is 9.89. The monoisotopic (exact) mass is 239 g/mol. The number of aromatic nitrogens is 2. The minimum atomic E-state index is 0.502. The van der Waals surface area contributed by atoms with Crippen LogP contribution in [0.2, 0.25) is 5.15 Å². The molecule has 0 aliphatic heterocycles. The molecule has 4 heteroatoms. The molecule has 0 spiro atoms. The maximum atomic E-state index is 5.90. The molecule has 1 aliphatic rings. The highest BCUT2D eigenvalue weighted by Gasteiger charge is 2.16. The van der Waals surface area contributed by atoms with E-state index < -0.39 is 0 Å². The zero-order chi connectivity index (χ0) is 11.5. The van der Waals surface area contributed by atoms with Gasteiger partial charge in [0.1, 0.15) is 0 Å². The first-order valence-electron chi connectivity index (χ1n) is 5.91. The van der Waals surface area contributed by atoms with E-state index >= 15 is 0 Å². The summed E-state index contributed by atoms with van der Waals surface area (Å²) < 4.78 is 0. The lowest BCUT2D eigenvalue weighted by molar-refractivity contribution is 0.303. The normalized spacial score (nSPS) is 15.9. The average molecular weight is 240 g/mol. The Labute approximate surface area is 102 Å². The van der Waals surface area contributed by atoms with Gasteiger partial charge in [-0.1, -0.05) is 30.9 Å². The van der Waals surface area contributed by atoms with Crippen LogP contribution in [0.4, 0.5) is 5.82 Å². The van der Waals surface area contributed by atoms with Crippen LogP contribution in [0.1, 0.15) is 36.8 Å². The topological polar surface area (TPSA) is 37.8 Å². The van der Waals surface area contributed by atoms with Gasteiger partial charge in [0.05, 0.1) is 0 Å². The second kappa shape index (κ2) is 5.00. The Balaban J connectivity index is 1.90. The molecule has 1 N–H and O–H groups in total. The van der Waals surface area contributed by atoms with Crippen LogP contribution >= 0.6 is 11.6 Å². The molecule has 1 saturated carbocycles. The van der Waals surface area contributed by atoms with E-state index in [4.69, 9.17) is 11.6 Å². The molecule has 2 rings (SSSR count). The van der Waals surface area contributed by atoms with Crippen molar-refractivity contribution in [3.8, 4) is 0 Å². The van der Waals surface area contributed by atoms with Crippen LogP contribution in [-0.4, -0.2) is 16.7 Å². The lowest BCUT2D eigenvalue weighted by Crippen LogP contribution is -2.16. The van der Waals surface area contributed by atoms with E-state index in [2.05, 4.69) is 15.5 Å². The van der Waals surface area contributed by atoms with Crippen LogP contribution in [-0.2, 0) is 0 Å². The van der Waals surface area contributed by atoms with Crippen molar-refractivity contribution in [3.05, 3.63) is 16.3 Å². The molecule has 1 aliphatic carbocycles.